The second-order valence-electron chi connectivity index (χ2n) is 4.68. The van der Waals surface area contributed by atoms with Crippen molar-refractivity contribution in [2.24, 2.45) is 5.92 Å². The molecule has 0 aromatic heterocycles. The summed E-state index contributed by atoms with van der Waals surface area (Å²) >= 11 is 0. The molecule has 1 rings (SSSR count). The lowest BCUT2D eigenvalue weighted by atomic mass is 10.1. The predicted molar refractivity (Wildman–Crippen MR) is 73.9 cm³/mol. The van der Waals surface area contributed by atoms with Crippen LogP contribution in [0.1, 0.15) is 18.9 Å². The molecule has 0 fully saturated rings. The highest BCUT2D eigenvalue weighted by Gasteiger charge is 2.19. The number of nitrogens with zero attached hydrogens (tertiary/aromatic N) is 1. The van der Waals surface area contributed by atoms with Crippen LogP contribution in [-0.4, -0.2) is 31.6 Å². The lowest BCUT2D eigenvalue weighted by Crippen LogP contribution is -2.29. The van der Waals surface area contributed by atoms with E-state index in [1.165, 1.54) is 25.1 Å². The lowest BCUT2D eigenvalue weighted by Gasteiger charge is -2.13. The first kappa shape index (κ1) is 16.5. The summed E-state index contributed by atoms with van der Waals surface area (Å²) in [4.78, 5) is 10.1. The molecule has 1 aromatic carbocycles. The Labute approximate surface area is 117 Å². The fraction of sp³-hybridized carbons (Fsp3) is 0.500. The average molecular weight is 302 g/mol. The maximum Gasteiger partial charge on any atom is 0.269 e. The van der Waals surface area contributed by atoms with Crippen LogP contribution >= 0.6 is 0 Å². The summed E-state index contributed by atoms with van der Waals surface area (Å²) in [5.41, 5.74) is 0.177. The molecule has 7 nitrogen and oxygen atoms in total. The van der Waals surface area contributed by atoms with E-state index in [1.54, 1.807) is 0 Å². The van der Waals surface area contributed by atoms with E-state index in [0.717, 1.165) is 0 Å². The summed E-state index contributed by atoms with van der Waals surface area (Å²) in [5, 5.41) is 19.4. The monoisotopic (exact) mass is 302 g/mol. The van der Waals surface area contributed by atoms with Gasteiger partial charge in [-0.1, -0.05) is 6.92 Å². The number of hydrogen-bond donors (Lipinski definition) is 2. The topological polar surface area (TPSA) is 110 Å². The molecule has 0 saturated heterocycles. The van der Waals surface area contributed by atoms with Crippen molar-refractivity contribution in [1.29, 1.82) is 0 Å². The third-order valence-corrected chi connectivity index (χ3v) is 4.49. The first-order valence-corrected chi connectivity index (χ1v) is 7.62. The molecule has 1 aromatic rings. The lowest BCUT2D eigenvalue weighted by molar-refractivity contribution is -0.385. The molecular formula is C12H18N2O5S. The number of aliphatic hydroxyl groups is 1. The normalized spacial score (nSPS) is 13.2. The summed E-state index contributed by atoms with van der Waals surface area (Å²) < 4.78 is 26.6. The molecule has 20 heavy (non-hydrogen) atoms. The minimum Gasteiger partial charge on any atom is -0.396 e. The van der Waals surface area contributed by atoms with E-state index < -0.39 is 14.9 Å². The van der Waals surface area contributed by atoms with Crippen molar-refractivity contribution in [1.82, 2.24) is 4.72 Å². The molecular weight excluding hydrogens is 284 g/mol. The average Bonchev–Trinajstić information content (AvgIpc) is 2.36. The largest absolute Gasteiger partial charge is 0.396 e. The highest BCUT2D eigenvalue weighted by molar-refractivity contribution is 7.89. The molecule has 112 valence electrons. The second-order valence-corrected chi connectivity index (χ2v) is 6.41. The van der Waals surface area contributed by atoms with Crippen LogP contribution in [0.2, 0.25) is 0 Å². The number of aryl methyl sites for hydroxylation is 1. The molecule has 2 N–H and O–H groups in total. The summed E-state index contributed by atoms with van der Waals surface area (Å²) in [7, 11) is -3.70. The van der Waals surface area contributed by atoms with Gasteiger partial charge in [0.1, 0.15) is 0 Å². The third-order valence-electron chi connectivity index (χ3n) is 2.90. The van der Waals surface area contributed by atoms with Crippen molar-refractivity contribution in [3.63, 3.8) is 0 Å². The Morgan fingerprint density at radius 3 is 2.60 bits per heavy atom. The maximum atomic E-state index is 12.1. The molecule has 0 bridgehead atoms. The van der Waals surface area contributed by atoms with Crippen molar-refractivity contribution >= 4 is 15.7 Å². The van der Waals surface area contributed by atoms with Gasteiger partial charge in [0.15, 0.2) is 0 Å². The van der Waals surface area contributed by atoms with Gasteiger partial charge in [0.05, 0.1) is 9.82 Å². The van der Waals surface area contributed by atoms with Gasteiger partial charge in [0, 0.05) is 25.3 Å². The number of nitrogens with one attached hydrogen (secondary N) is 1. The number of sulfonamides is 1. The zero-order valence-electron chi connectivity index (χ0n) is 11.4. The highest BCUT2D eigenvalue weighted by Crippen LogP contribution is 2.21. The van der Waals surface area contributed by atoms with Gasteiger partial charge in [-0.05, 0) is 30.9 Å². The molecule has 0 aliphatic heterocycles. The second kappa shape index (κ2) is 6.78. The number of rotatable bonds is 7. The third kappa shape index (κ3) is 4.26. The van der Waals surface area contributed by atoms with Gasteiger partial charge in [-0.2, -0.15) is 0 Å². The minimum absolute atomic E-state index is 0.000542. The van der Waals surface area contributed by atoms with E-state index in [0.29, 0.717) is 12.0 Å². The SMILES string of the molecule is Cc1cc([N+](=O)[O-])ccc1S(=O)(=O)NCC(C)CCO. The van der Waals surface area contributed by atoms with Crippen molar-refractivity contribution in [3.8, 4) is 0 Å². The highest BCUT2D eigenvalue weighted by atomic mass is 32.2. The first-order chi connectivity index (χ1) is 9.27. The molecule has 0 amide bonds. The minimum atomic E-state index is -3.70. The van der Waals surface area contributed by atoms with Crippen LogP contribution in [0.5, 0.6) is 0 Å². The number of nitro benzene ring substituents is 1. The van der Waals surface area contributed by atoms with E-state index in [9.17, 15) is 18.5 Å². The molecule has 0 radical (unpaired) electrons. The van der Waals surface area contributed by atoms with Gasteiger partial charge in [-0.3, -0.25) is 10.1 Å². The Balaban J connectivity index is 2.90. The van der Waals surface area contributed by atoms with E-state index >= 15 is 0 Å². The summed E-state index contributed by atoms with van der Waals surface area (Å²) in [6, 6.07) is 3.62. The summed E-state index contributed by atoms with van der Waals surface area (Å²) in [6.07, 6.45) is 0.502. The molecule has 0 aliphatic carbocycles. The number of hydrogen-bond acceptors (Lipinski definition) is 5. The Kier molecular flexibility index (Phi) is 5.61. The van der Waals surface area contributed by atoms with Gasteiger partial charge in [-0.15, -0.1) is 0 Å². The predicted octanol–water partition coefficient (Wildman–Crippen LogP) is 1.20. The van der Waals surface area contributed by atoms with Crippen LogP contribution < -0.4 is 4.72 Å². The summed E-state index contributed by atoms with van der Waals surface area (Å²) in [6.45, 7) is 3.54. The van der Waals surface area contributed by atoms with Gasteiger partial charge in [-0.25, -0.2) is 13.1 Å². The van der Waals surface area contributed by atoms with E-state index in [2.05, 4.69) is 4.72 Å². The summed E-state index contributed by atoms with van der Waals surface area (Å²) in [5.74, 6) is 0.00753. The van der Waals surface area contributed by atoms with E-state index in [-0.39, 0.29) is 29.7 Å². The Hall–Kier alpha value is -1.51. The molecule has 0 spiro atoms. The van der Waals surface area contributed by atoms with Gasteiger partial charge in [0.25, 0.3) is 5.69 Å². The van der Waals surface area contributed by atoms with Crippen molar-refractivity contribution in [2.75, 3.05) is 13.2 Å². The van der Waals surface area contributed by atoms with Crippen LogP contribution in [0, 0.1) is 23.0 Å². The van der Waals surface area contributed by atoms with Crippen LogP contribution in [0.3, 0.4) is 0 Å². The molecule has 0 saturated carbocycles. The van der Waals surface area contributed by atoms with Gasteiger partial charge < -0.3 is 5.11 Å². The van der Waals surface area contributed by atoms with Gasteiger partial charge in [0.2, 0.25) is 10.0 Å². The maximum absolute atomic E-state index is 12.1. The quantitative estimate of drug-likeness (QED) is 0.581. The molecule has 1 atom stereocenters. The standard InChI is InChI=1S/C12H18N2O5S/c1-9(5-6-15)8-13-20(18,19)12-4-3-11(14(16)17)7-10(12)2/h3-4,7,9,13,15H,5-6,8H2,1-2H3. The fourth-order valence-electron chi connectivity index (χ4n) is 1.70. The van der Waals surface area contributed by atoms with Crippen LogP contribution in [0.25, 0.3) is 0 Å². The number of benzene rings is 1. The first-order valence-electron chi connectivity index (χ1n) is 6.13. The zero-order valence-corrected chi connectivity index (χ0v) is 12.2. The van der Waals surface area contributed by atoms with Gasteiger partial charge >= 0.3 is 0 Å². The molecule has 8 heteroatoms. The van der Waals surface area contributed by atoms with Crippen molar-refractivity contribution < 1.29 is 18.4 Å². The Morgan fingerprint density at radius 1 is 1.45 bits per heavy atom. The zero-order chi connectivity index (χ0) is 15.3. The van der Waals surface area contributed by atoms with Crippen LogP contribution in [-0.2, 0) is 10.0 Å². The van der Waals surface area contributed by atoms with E-state index in [1.807, 2.05) is 6.92 Å². The Morgan fingerprint density at radius 2 is 2.10 bits per heavy atom. The van der Waals surface area contributed by atoms with Crippen molar-refractivity contribution in [3.05, 3.63) is 33.9 Å². The fourth-order valence-corrected chi connectivity index (χ4v) is 3.09. The molecule has 1 unspecified atom stereocenters. The van der Waals surface area contributed by atoms with Crippen LogP contribution in [0.4, 0.5) is 5.69 Å². The van der Waals surface area contributed by atoms with Crippen molar-refractivity contribution in [2.45, 2.75) is 25.2 Å². The number of nitro groups is 1. The van der Waals surface area contributed by atoms with Crippen LogP contribution in [0.15, 0.2) is 23.1 Å². The van der Waals surface area contributed by atoms with E-state index in [4.69, 9.17) is 5.11 Å². The molecule has 0 aliphatic rings. The molecule has 0 heterocycles. The number of non-ortho nitro benzene ring substituents is 1. The Bertz CT molecular complexity index is 586. The number of aliphatic hydroxyl groups excluding tert-OH is 1. The smallest absolute Gasteiger partial charge is 0.269 e.